The van der Waals surface area contributed by atoms with Crippen LogP contribution < -0.4 is 11.1 Å². The molecule has 0 radical (unpaired) electrons. The normalized spacial score (nSPS) is 20.8. The molecule has 13 heteroatoms. The van der Waals surface area contributed by atoms with Crippen LogP contribution in [-0.2, 0) is 14.4 Å². The number of hydrogen-bond donors (Lipinski definition) is 4. The van der Waals surface area contributed by atoms with Gasteiger partial charge in [0.1, 0.15) is 22.8 Å². The number of carbonyl (C=O) groups excluding carboxylic acids is 2. The maximum Gasteiger partial charge on any atom is 0.352 e. The van der Waals surface area contributed by atoms with Crippen molar-refractivity contribution in [3.8, 4) is 0 Å². The second kappa shape index (κ2) is 8.80. The number of nitrogens with one attached hydrogen (secondary N) is 1. The van der Waals surface area contributed by atoms with Crippen LogP contribution in [0.4, 0.5) is 5.13 Å². The molecule has 2 aromatic heterocycles. The lowest BCUT2D eigenvalue weighted by atomic mass is 10.0. The van der Waals surface area contributed by atoms with Gasteiger partial charge in [-0.1, -0.05) is 17.3 Å². The molecule has 0 bridgehead atoms. The smallest absolute Gasteiger partial charge is 0.352 e. The Morgan fingerprint density at radius 3 is 2.69 bits per heavy atom. The maximum atomic E-state index is 12.7. The van der Waals surface area contributed by atoms with Crippen molar-refractivity contribution in [2.24, 2.45) is 5.16 Å². The number of nitrogen functional groups attached to an aromatic ring is 1. The Labute approximate surface area is 189 Å². The van der Waals surface area contributed by atoms with Crippen molar-refractivity contribution in [3.05, 3.63) is 58.5 Å². The third-order valence-corrected chi connectivity index (χ3v) is 6.73. The zero-order chi connectivity index (χ0) is 22.8. The molecule has 11 nitrogen and oxygen atoms in total. The molecule has 5 N–H and O–H groups in total. The number of carbonyl (C=O) groups is 3. The SMILES string of the molecule is Nc1nc(C(=NO)C(=O)N[C@@H]2C(=O)N3C(C(=O)O)=C(/C=C/c4ccncc4)CS[C@H]23)cs1. The number of aliphatic carboxylic acids is 1. The van der Waals surface area contributed by atoms with E-state index in [2.05, 4.69) is 20.4 Å². The topological polar surface area (TPSA) is 171 Å². The first kappa shape index (κ1) is 21.5. The Kier molecular flexibility index (Phi) is 5.92. The van der Waals surface area contributed by atoms with Crippen molar-refractivity contribution in [2.75, 3.05) is 11.5 Å². The van der Waals surface area contributed by atoms with Crippen LogP contribution in [0.3, 0.4) is 0 Å². The van der Waals surface area contributed by atoms with Gasteiger partial charge in [0.05, 0.1) is 0 Å². The van der Waals surface area contributed by atoms with Gasteiger partial charge in [-0.3, -0.25) is 19.5 Å². The number of amides is 2. The number of pyridine rings is 1. The highest BCUT2D eigenvalue weighted by Crippen LogP contribution is 2.40. The second-order valence-electron chi connectivity index (χ2n) is 6.67. The first-order chi connectivity index (χ1) is 15.4. The third-order valence-electron chi connectivity index (χ3n) is 4.75. The summed E-state index contributed by atoms with van der Waals surface area (Å²) < 4.78 is 0. The van der Waals surface area contributed by atoms with E-state index in [0.29, 0.717) is 11.3 Å². The summed E-state index contributed by atoms with van der Waals surface area (Å²) in [6.45, 7) is 0. The number of carboxylic acids is 1. The number of oxime groups is 1. The molecule has 2 aliphatic rings. The number of anilines is 1. The van der Waals surface area contributed by atoms with E-state index < -0.39 is 29.2 Å². The molecule has 4 heterocycles. The van der Waals surface area contributed by atoms with E-state index in [-0.39, 0.29) is 22.2 Å². The Morgan fingerprint density at radius 2 is 2.06 bits per heavy atom. The van der Waals surface area contributed by atoms with Crippen LogP contribution in [0.5, 0.6) is 0 Å². The highest BCUT2D eigenvalue weighted by Gasteiger charge is 2.54. The average molecular weight is 473 g/mol. The van der Waals surface area contributed by atoms with Gasteiger partial charge in [-0.25, -0.2) is 9.78 Å². The van der Waals surface area contributed by atoms with Crippen molar-refractivity contribution >= 4 is 57.8 Å². The lowest BCUT2D eigenvalue weighted by molar-refractivity contribution is -0.150. The van der Waals surface area contributed by atoms with Gasteiger partial charge in [0, 0.05) is 23.5 Å². The number of carboxylic acid groups (broad SMARTS) is 1. The molecule has 2 aliphatic heterocycles. The fraction of sp³-hybridized carbons (Fsp3) is 0.158. The minimum atomic E-state index is -1.24. The van der Waals surface area contributed by atoms with Crippen LogP contribution in [0.25, 0.3) is 6.08 Å². The van der Waals surface area contributed by atoms with Crippen LogP contribution in [0, 0.1) is 0 Å². The molecule has 32 heavy (non-hydrogen) atoms. The van der Waals surface area contributed by atoms with Crippen molar-refractivity contribution in [3.63, 3.8) is 0 Å². The summed E-state index contributed by atoms with van der Waals surface area (Å²) in [7, 11) is 0. The van der Waals surface area contributed by atoms with Crippen LogP contribution in [0.1, 0.15) is 11.3 Å². The van der Waals surface area contributed by atoms with Gasteiger partial charge in [0.2, 0.25) is 0 Å². The van der Waals surface area contributed by atoms with E-state index in [1.165, 1.54) is 17.1 Å². The molecule has 2 atom stereocenters. The molecular weight excluding hydrogens is 456 g/mol. The number of hydrogen-bond acceptors (Lipinski definition) is 10. The summed E-state index contributed by atoms with van der Waals surface area (Å²) in [5, 5.41) is 25.4. The number of rotatable bonds is 6. The first-order valence-corrected chi connectivity index (χ1v) is 11.1. The van der Waals surface area contributed by atoms with Crippen molar-refractivity contribution in [1.82, 2.24) is 20.2 Å². The van der Waals surface area contributed by atoms with E-state index in [1.807, 2.05) is 0 Å². The minimum Gasteiger partial charge on any atom is -0.477 e. The lowest BCUT2D eigenvalue weighted by Crippen LogP contribution is -2.71. The fourth-order valence-corrected chi connectivity index (χ4v) is 5.13. The molecule has 1 fully saturated rings. The van der Waals surface area contributed by atoms with Crippen LogP contribution in [0.2, 0.25) is 0 Å². The Morgan fingerprint density at radius 1 is 1.31 bits per heavy atom. The number of aromatic nitrogens is 2. The molecule has 0 aromatic carbocycles. The number of thioether (sulfide) groups is 1. The van der Waals surface area contributed by atoms with Crippen LogP contribution in [0.15, 0.2) is 52.4 Å². The monoisotopic (exact) mass is 472 g/mol. The second-order valence-corrected chi connectivity index (χ2v) is 8.67. The molecule has 0 unspecified atom stereocenters. The average Bonchev–Trinajstić information content (AvgIpc) is 3.22. The standard InChI is InChI=1S/C19H16N6O5S2/c20-19-22-11(8-32-19)12(24-30)15(26)23-13-16(27)25-14(18(28)29)10(7-31-17(13)25)2-1-9-3-5-21-6-4-9/h1-6,8,13,17,30H,7H2,(H2,20,22)(H,23,26)(H,28,29)/b2-1+,24-12?/t13-,17-/m1/s1. The number of allylic oxidation sites excluding steroid dienone is 1. The molecule has 0 saturated carbocycles. The largest absolute Gasteiger partial charge is 0.477 e. The Balaban J connectivity index is 1.52. The molecule has 4 rings (SSSR count). The Hall–Kier alpha value is -3.71. The van der Waals surface area contributed by atoms with Crippen molar-refractivity contribution in [1.29, 1.82) is 0 Å². The van der Waals surface area contributed by atoms with Crippen LogP contribution in [-0.4, -0.2) is 65.8 Å². The molecule has 0 aliphatic carbocycles. The summed E-state index contributed by atoms with van der Waals surface area (Å²) in [4.78, 5) is 46.2. The van der Waals surface area contributed by atoms with E-state index >= 15 is 0 Å². The summed E-state index contributed by atoms with van der Waals surface area (Å²) in [6.07, 6.45) is 6.64. The van der Waals surface area contributed by atoms with Gasteiger partial charge in [-0.15, -0.1) is 23.1 Å². The number of nitrogens with two attached hydrogens (primary N) is 1. The zero-order valence-corrected chi connectivity index (χ0v) is 17.8. The highest BCUT2D eigenvalue weighted by molar-refractivity contribution is 8.00. The van der Waals surface area contributed by atoms with Crippen LogP contribution >= 0.6 is 23.1 Å². The molecule has 2 aromatic rings. The van der Waals surface area contributed by atoms with E-state index in [1.54, 1.807) is 36.7 Å². The van der Waals surface area contributed by atoms with Gasteiger partial charge >= 0.3 is 5.97 Å². The minimum absolute atomic E-state index is 0.0714. The maximum absolute atomic E-state index is 12.7. The third kappa shape index (κ3) is 3.94. The summed E-state index contributed by atoms with van der Waals surface area (Å²) >= 11 is 2.38. The van der Waals surface area contributed by atoms with E-state index in [4.69, 9.17) is 5.73 Å². The summed E-state index contributed by atoms with van der Waals surface area (Å²) in [5.41, 5.74) is 6.41. The predicted octanol–water partition coefficient (Wildman–Crippen LogP) is 0.751. The number of fused-ring (bicyclic) bond motifs is 1. The lowest BCUT2D eigenvalue weighted by Gasteiger charge is -2.49. The highest BCUT2D eigenvalue weighted by atomic mass is 32.2. The van der Waals surface area contributed by atoms with Crippen molar-refractivity contribution < 1.29 is 24.7 Å². The molecule has 2 amide bonds. The number of nitrogens with zero attached hydrogens (tertiary/aromatic N) is 4. The summed E-state index contributed by atoms with van der Waals surface area (Å²) in [5.74, 6) is -2.30. The predicted molar refractivity (Wildman–Crippen MR) is 118 cm³/mol. The van der Waals surface area contributed by atoms with Gasteiger partial charge < -0.3 is 21.4 Å². The van der Waals surface area contributed by atoms with Gasteiger partial charge in [0.15, 0.2) is 10.8 Å². The Bertz CT molecular complexity index is 1180. The number of β-lactam (4-membered cyclic amide) rings is 1. The number of thiazole rings is 1. The molecule has 1 saturated heterocycles. The molecular formula is C19H16N6O5S2. The van der Waals surface area contributed by atoms with E-state index in [0.717, 1.165) is 21.8 Å². The molecule has 164 valence electrons. The van der Waals surface area contributed by atoms with Gasteiger partial charge in [0.25, 0.3) is 11.8 Å². The summed E-state index contributed by atoms with van der Waals surface area (Å²) in [6, 6.07) is 2.57. The quantitative estimate of drug-likeness (QED) is 0.205. The van der Waals surface area contributed by atoms with Gasteiger partial charge in [-0.05, 0) is 23.3 Å². The first-order valence-electron chi connectivity index (χ1n) is 9.14. The fourth-order valence-electron chi connectivity index (χ4n) is 3.26. The van der Waals surface area contributed by atoms with Gasteiger partial charge in [-0.2, -0.15) is 0 Å². The van der Waals surface area contributed by atoms with Crippen molar-refractivity contribution in [2.45, 2.75) is 11.4 Å². The van der Waals surface area contributed by atoms with E-state index in [9.17, 15) is 24.7 Å². The zero-order valence-electron chi connectivity index (χ0n) is 16.2. The molecule has 0 spiro atoms.